The quantitative estimate of drug-likeness (QED) is 0.820. The molecule has 1 heterocycles. The second-order valence-electron chi connectivity index (χ2n) is 6.62. The fourth-order valence-corrected chi connectivity index (χ4v) is 3.93. The molecule has 28 heavy (non-hydrogen) atoms. The van der Waals surface area contributed by atoms with Gasteiger partial charge in [0.15, 0.2) is 0 Å². The number of aryl methyl sites for hydroxylation is 1. The SMILES string of the molecule is Cc1cc(NC(=O)c2ccc(S(=O)(=O)C(F)(F)F)cc2)ccc1N1CCCC1. The molecule has 2 aromatic carbocycles. The molecule has 2 aromatic rings. The lowest BCUT2D eigenvalue weighted by molar-refractivity contribution is -0.0436. The first-order valence-corrected chi connectivity index (χ1v) is 10.2. The zero-order chi connectivity index (χ0) is 20.5. The van der Waals surface area contributed by atoms with Crippen LogP contribution in [-0.2, 0) is 9.84 Å². The number of halogens is 3. The number of alkyl halides is 3. The number of hydrogen-bond acceptors (Lipinski definition) is 4. The Morgan fingerprint density at radius 2 is 1.64 bits per heavy atom. The Bertz CT molecular complexity index is 980. The van der Waals surface area contributed by atoms with Crippen LogP contribution in [0, 0.1) is 6.92 Å². The van der Waals surface area contributed by atoms with Gasteiger partial charge < -0.3 is 10.2 Å². The molecule has 9 heteroatoms. The van der Waals surface area contributed by atoms with Gasteiger partial charge in [-0.3, -0.25) is 4.79 Å². The normalized spacial score (nSPS) is 14.9. The Hall–Kier alpha value is -2.55. The van der Waals surface area contributed by atoms with Gasteiger partial charge in [0, 0.05) is 30.0 Å². The summed E-state index contributed by atoms with van der Waals surface area (Å²) in [5, 5.41) is 2.68. The summed E-state index contributed by atoms with van der Waals surface area (Å²) in [5.74, 6) is -0.538. The Balaban J connectivity index is 1.74. The molecule has 0 spiro atoms. The lowest BCUT2D eigenvalue weighted by Crippen LogP contribution is -2.23. The second-order valence-corrected chi connectivity index (χ2v) is 8.56. The third-order valence-corrected chi connectivity index (χ3v) is 6.14. The van der Waals surface area contributed by atoms with Crippen LogP contribution < -0.4 is 10.2 Å². The van der Waals surface area contributed by atoms with E-state index in [1.165, 1.54) is 0 Å². The van der Waals surface area contributed by atoms with Crippen molar-refractivity contribution in [2.75, 3.05) is 23.3 Å². The van der Waals surface area contributed by atoms with E-state index in [9.17, 15) is 26.4 Å². The topological polar surface area (TPSA) is 66.5 Å². The molecule has 0 radical (unpaired) electrons. The molecule has 150 valence electrons. The van der Waals surface area contributed by atoms with Crippen molar-refractivity contribution in [3.8, 4) is 0 Å². The molecule has 0 bridgehead atoms. The zero-order valence-electron chi connectivity index (χ0n) is 15.1. The maximum atomic E-state index is 12.6. The van der Waals surface area contributed by atoms with Crippen molar-refractivity contribution < 1.29 is 26.4 Å². The van der Waals surface area contributed by atoms with E-state index >= 15 is 0 Å². The lowest BCUT2D eigenvalue weighted by atomic mass is 10.1. The predicted octanol–water partition coefficient (Wildman–Crippen LogP) is 4.14. The Kier molecular flexibility index (Phi) is 5.38. The minimum absolute atomic E-state index is 0.0578. The van der Waals surface area contributed by atoms with Crippen molar-refractivity contribution in [1.29, 1.82) is 0 Å². The largest absolute Gasteiger partial charge is 0.501 e. The molecular formula is C19H19F3N2O3S. The third kappa shape index (κ3) is 3.99. The number of nitrogens with one attached hydrogen (secondary N) is 1. The van der Waals surface area contributed by atoms with Gasteiger partial charge in [-0.1, -0.05) is 0 Å². The average molecular weight is 412 g/mol. The lowest BCUT2D eigenvalue weighted by Gasteiger charge is -2.20. The highest BCUT2D eigenvalue weighted by Crippen LogP contribution is 2.30. The number of amides is 1. The highest BCUT2D eigenvalue weighted by Gasteiger charge is 2.46. The molecule has 1 fully saturated rings. The molecular weight excluding hydrogens is 393 g/mol. The van der Waals surface area contributed by atoms with Crippen LogP contribution in [0.4, 0.5) is 24.5 Å². The molecule has 1 saturated heterocycles. The van der Waals surface area contributed by atoms with Crippen molar-refractivity contribution in [3.63, 3.8) is 0 Å². The number of carbonyl (C=O) groups is 1. The minimum Gasteiger partial charge on any atom is -0.371 e. The molecule has 1 N–H and O–H groups in total. The van der Waals surface area contributed by atoms with E-state index in [1.807, 2.05) is 19.1 Å². The first-order chi connectivity index (χ1) is 13.1. The van der Waals surface area contributed by atoms with Gasteiger partial charge >= 0.3 is 5.51 Å². The number of rotatable bonds is 4. The molecule has 1 aliphatic heterocycles. The number of carbonyl (C=O) groups excluding carboxylic acids is 1. The molecule has 0 unspecified atom stereocenters. The van der Waals surface area contributed by atoms with Crippen molar-refractivity contribution in [2.45, 2.75) is 30.2 Å². The highest BCUT2D eigenvalue weighted by molar-refractivity contribution is 7.92. The van der Waals surface area contributed by atoms with Crippen LogP contribution in [0.5, 0.6) is 0 Å². The van der Waals surface area contributed by atoms with E-state index in [4.69, 9.17) is 0 Å². The summed E-state index contributed by atoms with van der Waals surface area (Å²) in [4.78, 5) is 13.7. The molecule has 0 aliphatic carbocycles. The van der Waals surface area contributed by atoms with Gasteiger partial charge in [0.25, 0.3) is 15.7 Å². The standard InChI is InChI=1S/C19H19F3N2O3S/c1-13-12-15(6-9-17(13)24-10-2-3-11-24)23-18(25)14-4-7-16(8-5-14)28(26,27)19(20,21)22/h4-9,12H,2-3,10-11H2,1H3,(H,23,25). The van der Waals surface area contributed by atoms with Gasteiger partial charge in [0.05, 0.1) is 4.90 Å². The summed E-state index contributed by atoms with van der Waals surface area (Å²) >= 11 is 0. The van der Waals surface area contributed by atoms with E-state index in [0.29, 0.717) is 5.69 Å². The van der Waals surface area contributed by atoms with Crippen molar-refractivity contribution >= 4 is 27.1 Å². The van der Waals surface area contributed by atoms with Crippen molar-refractivity contribution in [3.05, 3.63) is 53.6 Å². The first-order valence-electron chi connectivity index (χ1n) is 8.68. The third-order valence-electron chi connectivity index (χ3n) is 4.63. The van der Waals surface area contributed by atoms with Crippen LogP contribution in [0.3, 0.4) is 0 Å². The number of sulfone groups is 1. The zero-order valence-corrected chi connectivity index (χ0v) is 15.9. The first kappa shape index (κ1) is 20.2. The smallest absolute Gasteiger partial charge is 0.371 e. The summed E-state index contributed by atoms with van der Waals surface area (Å²) < 4.78 is 60.5. The van der Waals surface area contributed by atoms with Gasteiger partial charge in [-0.2, -0.15) is 13.2 Å². The van der Waals surface area contributed by atoms with E-state index in [1.54, 1.807) is 6.07 Å². The summed E-state index contributed by atoms with van der Waals surface area (Å²) in [6, 6.07) is 9.18. The monoisotopic (exact) mass is 412 g/mol. The minimum atomic E-state index is -5.43. The molecule has 1 aliphatic rings. The summed E-state index contributed by atoms with van der Waals surface area (Å²) in [6.07, 6.45) is 2.30. The molecule has 5 nitrogen and oxygen atoms in total. The van der Waals surface area contributed by atoms with Crippen molar-refractivity contribution in [1.82, 2.24) is 0 Å². The van der Waals surface area contributed by atoms with Crippen LogP contribution in [0.1, 0.15) is 28.8 Å². The van der Waals surface area contributed by atoms with E-state index < -0.39 is 26.1 Å². The number of anilines is 2. The molecule has 0 aromatic heterocycles. The number of nitrogens with zero attached hydrogens (tertiary/aromatic N) is 1. The second kappa shape index (κ2) is 7.46. The molecule has 1 amide bonds. The predicted molar refractivity (Wildman–Crippen MR) is 100 cm³/mol. The Morgan fingerprint density at radius 3 is 2.18 bits per heavy atom. The van der Waals surface area contributed by atoms with E-state index in [2.05, 4.69) is 10.2 Å². The van der Waals surface area contributed by atoms with Gasteiger partial charge in [0.2, 0.25) is 0 Å². The summed E-state index contributed by atoms with van der Waals surface area (Å²) in [7, 11) is -5.43. The number of hydrogen-bond donors (Lipinski definition) is 1. The van der Waals surface area contributed by atoms with Crippen molar-refractivity contribution in [2.24, 2.45) is 0 Å². The van der Waals surface area contributed by atoms with Crippen LogP contribution in [0.2, 0.25) is 0 Å². The van der Waals surface area contributed by atoms with E-state index in [-0.39, 0.29) is 5.56 Å². The van der Waals surface area contributed by atoms with E-state index in [0.717, 1.165) is 61.4 Å². The summed E-state index contributed by atoms with van der Waals surface area (Å²) in [5.41, 5.74) is -2.66. The maximum absolute atomic E-state index is 12.6. The van der Waals surface area contributed by atoms with Crippen LogP contribution in [0.15, 0.2) is 47.4 Å². The van der Waals surface area contributed by atoms with Crippen LogP contribution >= 0.6 is 0 Å². The van der Waals surface area contributed by atoms with Gasteiger partial charge in [0.1, 0.15) is 0 Å². The van der Waals surface area contributed by atoms with Gasteiger partial charge in [-0.15, -0.1) is 0 Å². The highest BCUT2D eigenvalue weighted by atomic mass is 32.2. The maximum Gasteiger partial charge on any atom is 0.501 e. The molecule has 0 saturated carbocycles. The fourth-order valence-electron chi connectivity index (χ4n) is 3.17. The van der Waals surface area contributed by atoms with Crippen LogP contribution in [0.25, 0.3) is 0 Å². The Morgan fingerprint density at radius 1 is 1.04 bits per heavy atom. The fraction of sp³-hybridized carbons (Fsp3) is 0.316. The van der Waals surface area contributed by atoms with Crippen LogP contribution in [-0.4, -0.2) is 32.9 Å². The summed E-state index contributed by atoms with van der Waals surface area (Å²) in [6.45, 7) is 3.94. The average Bonchev–Trinajstić information content (AvgIpc) is 3.15. The van der Waals surface area contributed by atoms with Gasteiger partial charge in [-0.25, -0.2) is 8.42 Å². The molecule has 0 atom stereocenters. The Labute approximate surface area is 161 Å². The molecule has 3 rings (SSSR count). The number of benzene rings is 2. The van der Waals surface area contributed by atoms with Gasteiger partial charge in [-0.05, 0) is 67.8 Å².